The van der Waals surface area contributed by atoms with E-state index in [2.05, 4.69) is 22.1 Å². The monoisotopic (exact) mass is 415 g/mol. The molecule has 29 heavy (non-hydrogen) atoms. The van der Waals surface area contributed by atoms with Crippen LogP contribution in [0.25, 0.3) is 11.5 Å². The predicted molar refractivity (Wildman–Crippen MR) is 113 cm³/mol. The molecular formula is C21H25N3O4S. The molecule has 0 aliphatic heterocycles. The van der Waals surface area contributed by atoms with Crippen molar-refractivity contribution in [2.75, 3.05) is 27.9 Å². The van der Waals surface area contributed by atoms with Gasteiger partial charge in [0.15, 0.2) is 0 Å². The van der Waals surface area contributed by atoms with Crippen LogP contribution in [0, 0.1) is 4.84 Å². The van der Waals surface area contributed by atoms with Crippen molar-refractivity contribution in [3.63, 3.8) is 0 Å². The maximum atomic E-state index is 5.71. The molecule has 2 aromatic carbocycles. The Morgan fingerprint density at radius 2 is 1.79 bits per heavy atom. The Morgan fingerprint density at radius 3 is 2.45 bits per heavy atom. The SMILES string of the molecule is CCOc1ccc(CN(C)Cn2nc(-c3ccc(OC)cc3OC)oc2=S)cc1. The van der Waals surface area contributed by atoms with Gasteiger partial charge in [-0.3, -0.25) is 4.90 Å². The third-order valence-corrected chi connectivity index (χ3v) is 4.60. The second kappa shape index (κ2) is 9.58. The maximum Gasteiger partial charge on any atom is 0.288 e. The lowest BCUT2D eigenvalue weighted by atomic mass is 10.2. The molecule has 0 fully saturated rings. The molecule has 0 saturated carbocycles. The first-order chi connectivity index (χ1) is 14.0. The third kappa shape index (κ3) is 5.16. The van der Waals surface area contributed by atoms with Gasteiger partial charge in [-0.05, 0) is 56.0 Å². The molecule has 8 heteroatoms. The van der Waals surface area contributed by atoms with Gasteiger partial charge in [0, 0.05) is 12.6 Å². The second-order valence-electron chi connectivity index (χ2n) is 6.47. The molecule has 154 valence electrons. The van der Waals surface area contributed by atoms with Crippen LogP contribution in [0.15, 0.2) is 46.9 Å². The van der Waals surface area contributed by atoms with Gasteiger partial charge in [-0.15, -0.1) is 5.10 Å². The molecule has 3 rings (SSSR count). The van der Waals surface area contributed by atoms with E-state index >= 15 is 0 Å². The summed E-state index contributed by atoms with van der Waals surface area (Å²) in [6, 6.07) is 13.5. The first-order valence-electron chi connectivity index (χ1n) is 9.24. The molecule has 0 radical (unpaired) electrons. The van der Waals surface area contributed by atoms with Gasteiger partial charge >= 0.3 is 0 Å². The summed E-state index contributed by atoms with van der Waals surface area (Å²) in [6.45, 7) is 3.86. The Hall–Kier alpha value is -2.84. The van der Waals surface area contributed by atoms with Crippen LogP contribution in [0.5, 0.6) is 17.2 Å². The van der Waals surface area contributed by atoms with E-state index in [0.717, 1.165) is 12.3 Å². The van der Waals surface area contributed by atoms with Crippen molar-refractivity contribution in [3.05, 3.63) is 52.9 Å². The van der Waals surface area contributed by atoms with Crippen molar-refractivity contribution in [1.82, 2.24) is 14.7 Å². The summed E-state index contributed by atoms with van der Waals surface area (Å²) >= 11 is 5.36. The molecule has 3 aromatic rings. The Morgan fingerprint density at radius 1 is 1.07 bits per heavy atom. The van der Waals surface area contributed by atoms with Crippen LogP contribution in [0.2, 0.25) is 0 Å². The fraction of sp³-hybridized carbons (Fsp3) is 0.333. The number of hydrogen-bond donors (Lipinski definition) is 0. The zero-order valence-corrected chi connectivity index (χ0v) is 17.9. The van der Waals surface area contributed by atoms with Gasteiger partial charge in [0.25, 0.3) is 10.7 Å². The van der Waals surface area contributed by atoms with Crippen molar-refractivity contribution < 1.29 is 18.6 Å². The van der Waals surface area contributed by atoms with Crippen LogP contribution in [-0.4, -0.2) is 42.6 Å². The van der Waals surface area contributed by atoms with E-state index in [1.807, 2.05) is 38.2 Å². The minimum Gasteiger partial charge on any atom is -0.497 e. The standard InChI is InChI=1S/C21H25N3O4S/c1-5-27-16-8-6-15(7-9-16)13-23(2)14-24-21(29)28-20(22-24)18-11-10-17(25-3)12-19(18)26-4/h6-12H,5,13-14H2,1-4H3. The third-order valence-electron chi connectivity index (χ3n) is 4.31. The minimum absolute atomic E-state index is 0.302. The van der Waals surface area contributed by atoms with E-state index in [9.17, 15) is 0 Å². The fourth-order valence-corrected chi connectivity index (χ4v) is 3.11. The average molecular weight is 416 g/mol. The Labute approximate surface area is 175 Å². The van der Waals surface area contributed by atoms with Gasteiger partial charge in [0.1, 0.15) is 17.2 Å². The van der Waals surface area contributed by atoms with Gasteiger partial charge in [-0.25, -0.2) is 4.68 Å². The molecule has 0 saturated heterocycles. The van der Waals surface area contributed by atoms with Gasteiger partial charge < -0.3 is 18.6 Å². The summed E-state index contributed by atoms with van der Waals surface area (Å²) in [6.07, 6.45) is 0. The van der Waals surface area contributed by atoms with Gasteiger partial charge in [-0.1, -0.05) is 12.1 Å². The fourth-order valence-electron chi connectivity index (χ4n) is 2.93. The highest BCUT2D eigenvalue weighted by molar-refractivity contribution is 7.71. The number of nitrogens with zero attached hydrogens (tertiary/aromatic N) is 3. The van der Waals surface area contributed by atoms with Crippen molar-refractivity contribution in [2.45, 2.75) is 20.1 Å². The van der Waals surface area contributed by atoms with Gasteiger partial charge in [0.05, 0.1) is 33.1 Å². The van der Waals surface area contributed by atoms with Gasteiger partial charge in [-0.2, -0.15) is 0 Å². The Balaban J connectivity index is 1.72. The van der Waals surface area contributed by atoms with E-state index in [0.29, 0.717) is 41.1 Å². The molecule has 0 aliphatic carbocycles. The summed E-state index contributed by atoms with van der Waals surface area (Å²) in [7, 11) is 5.20. The quantitative estimate of drug-likeness (QED) is 0.481. The predicted octanol–water partition coefficient (Wildman–Crippen LogP) is 4.38. The number of aromatic nitrogens is 2. The molecule has 7 nitrogen and oxygen atoms in total. The molecular weight excluding hydrogens is 390 g/mol. The van der Waals surface area contributed by atoms with Crippen molar-refractivity contribution >= 4 is 12.2 Å². The number of ether oxygens (including phenoxy) is 3. The highest BCUT2D eigenvalue weighted by Crippen LogP contribution is 2.32. The molecule has 1 heterocycles. The lowest BCUT2D eigenvalue weighted by Crippen LogP contribution is -2.22. The lowest BCUT2D eigenvalue weighted by Gasteiger charge is -2.16. The molecule has 0 atom stereocenters. The molecule has 0 N–H and O–H groups in total. The molecule has 1 aromatic heterocycles. The van der Waals surface area contributed by atoms with Crippen molar-refractivity contribution in [3.8, 4) is 28.7 Å². The lowest BCUT2D eigenvalue weighted by molar-refractivity contribution is 0.240. The molecule has 0 aliphatic rings. The van der Waals surface area contributed by atoms with Crippen LogP contribution in [0.4, 0.5) is 0 Å². The molecule has 0 bridgehead atoms. The van der Waals surface area contributed by atoms with Crippen LogP contribution >= 0.6 is 12.2 Å². The van der Waals surface area contributed by atoms with E-state index in [1.165, 1.54) is 5.56 Å². The number of methoxy groups -OCH3 is 2. The Bertz CT molecular complexity index is 998. The normalized spacial score (nSPS) is 10.9. The van der Waals surface area contributed by atoms with E-state index in [-0.39, 0.29) is 0 Å². The number of benzene rings is 2. The van der Waals surface area contributed by atoms with Crippen LogP contribution in [-0.2, 0) is 13.2 Å². The molecule has 0 spiro atoms. The van der Waals surface area contributed by atoms with Crippen molar-refractivity contribution in [2.24, 2.45) is 0 Å². The Kier molecular flexibility index (Phi) is 6.90. The molecule has 0 amide bonds. The first-order valence-corrected chi connectivity index (χ1v) is 9.65. The largest absolute Gasteiger partial charge is 0.497 e. The molecule has 0 unspecified atom stereocenters. The van der Waals surface area contributed by atoms with E-state index in [4.69, 9.17) is 30.8 Å². The smallest absolute Gasteiger partial charge is 0.288 e. The zero-order chi connectivity index (χ0) is 20.8. The number of hydrogen-bond acceptors (Lipinski definition) is 7. The van der Waals surface area contributed by atoms with Crippen LogP contribution < -0.4 is 14.2 Å². The van der Waals surface area contributed by atoms with Gasteiger partial charge in [0.2, 0.25) is 0 Å². The average Bonchev–Trinajstić information content (AvgIpc) is 3.09. The first kappa shape index (κ1) is 20.9. The van der Waals surface area contributed by atoms with E-state index in [1.54, 1.807) is 25.0 Å². The number of rotatable bonds is 9. The minimum atomic E-state index is 0.302. The van der Waals surface area contributed by atoms with Crippen molar-refractivity contribution in [1.29, 1.82) is 0 Å². The summed E-state index contributed by atoms with van der Waals surface area (Å²) < 4.78 is 23.5. The maximum absolute atomic E-state index is 5.71. The van der Waals surface area contributed by atoms with Crippen LogP contribution in [0.3, 0.4) is 0 Å². The topological polar surface area (TPSA) is 61.9 Å². The van der Waals surface area contributed by atoms with Crippen LogP contribution in [0.1, 0.15) is 12.5 Å². The summed E-state index contributed by atoms with van der Waals surface area (Å²) in [5.74, 6) is 2.58. The highest BCUT2D eigenvalue weighted by atomic mass is 32.1. The zero-order valence-electron chi connectivity index (χ0n) is 17.0. The summed E-state index contributed by atoms with van der Waals surface area (Å²) in [5, 5.41) is 4.53. The summed E-state index contributed by atoms with van der Waals surface area (Å²) in [5.41, 5.74) is 1.88. The summed E-state index contributed by atoms with van der Waals surface area (Å²) in [4.78, 5) is 2.40. The second-order valence-corrected chi connectivity index (χ2v) is 6.82. The van der Waals surface area contributed by atoms with E-state index < -0.39 is 0 Å². The highest BCUT2D eigenvalue weighted by Gasteiger charge is 2.15.